The van der Waals surface area contributed by atoms with Crippen LogP contribution >= 0.6 is 11.3 Å². The zero-order valence-electron chi connectivity index (χ0n) is 18.0. The second kappa shape index (κ2) is 8.99. The molecule has 0 aliphatic heterocycles. The average molecular weight is 460 g/mol. The molecule has 0 amide bonds. The molecule has 5 rings (SSSR count). The lowest BCUT2D eigenvalue weighted by Crippen LogP contribution is -2.18. The van der Waals surface area contributed by atoms with E-state index in [-0.39, 0.29) is 5.56 Å². The smallest absolute Gasteiger partial charge is 0.343 e. The van der Waals surface area contributed by atoms with Crippen molar-refractivity contribution < 1.29 is 14.3 Å². The number of benzene rings is 2. The van der Waals surface area contributed by atoms with Crippen molar-refractivity contribution in [1.29, 1.82) is 0 Å². The molecule has 1 aliphatic carbocycles. The topological polar surface area (TPSA) is 82.8 Å². The van der Waals surface area contributed by atoms with Gasteiger partial charge in [-0.05, 0) is 85.3 Å². The number of nitrogens with zero attached hydrogens (tertiary/aromatic N) is 3. The highest BCUT2D eigenvalue weighted by Gasteiger charge is 2.19. The van der Waals surface area contributed by atoms with Crippen LogP contribution in [-0.4, -0.2) is 29.0 Å². The maximum absolute atomic E-state index is 13.0. The highest BCUT2D eigenvalue weighted by atomic mass is 32.1. The first-order valence-electron chi connectivity index (χ1n) is 10.6. The molecular formula is C25H21N3O4S. The number of fused-ring (bicyclic) bond motifs is 3. The fourth-order valence-corrected chi connectivity index (χ4v) is 5.08. The van der Waals surface area contributed by atoms with E-state index in [0.29, 0.717) is 22.4 Å². The molecule has 0 radical (unpaired) electrons. The largest absolute Gasteiger partial charge is 0.497 e. The van der Waals surface area contributed by atoms with Gasteiger partial charge in [-0.25, -0.2) is 9.78 Å². The van der Waals surface area contributed by atoms with E-state index in [1.807, 2.05) is 0 Å². The predicted molar refractivity (Wildman–Crippen MR) is 128 cm³/mol. The minimum Gasteiger partial charge on any atom is -0.497 e. The Balaban J connectivity index is 1.31. The Hall–Kier alpha value is -3.78. The zero-order valence-corrected chi connectivity index (χ0v) is 18.8. The van der Waals surface area contributed by atoms with Crippen molar-refractivity contribution >= 4 is 33.7 Å². The molecule has 0 spiro atoms. The van der Waals surface area contributed by atoms with Gasteiger partial charge >= 0.3 is 5.97 Å². The van der Waals surface area contributed by atoms with Gasteiger partial charge in [0.1, 0.15) is 22.7 Å². The van der Waals surface area contributed by atoms with Gasteiger partial charge in [-0.3, -0.25) is 4.79 Å². The number of carbonyl (C=O) groups excluding carboxylic acids is 1. The van der Waals surface area contributed by atoms with Crippen LogP contribution < -0.4 is 15.0 Å². The van der Waals surface area contributed by atoms with Crippen LogP contribution in [-0.2, 0) is 12.8 Å². The van der Waals surface area contributed by atoms with Crippen LogP contribution in [0.15, 0.2) is 64.8 Å². The van der Waals surface area contributed by atoms with Crippen molar-refractivity contribution in [2.24, 2.45) is 5.10 Å². The molecule has 33 heavy (non-hydrogen) atoms. The normalized spacial score (nSPS) is 13.2. The summed E-state index contributed by atoms with van der Waals surface area (Å²) in [4.78, 5) is 31.8. The minimum absolute atomic E-state index is 0.138. The van der Waals surface area contributed by atoms with E-state index in [1.54, 1.807) is 73.2 Å². The molecular weight excluding hydrogens is 438 g/mol. The summed E-state index contributed by atoms with van der Waals surface area (Å²) >= 11 is 1.62. The molecule has 0 N–H and O–H groups in total. The number of aromatic nitrogens is 2. The molecule has 0 bridgehead atoms. The lowest BCUT2D eigenvalue weighted by molar-refractivity contribution is 0.0734. The lowest BCUT2D eigenvalue weighted by Gasteiger charge is -2.09. The van der Waals surface area contributed by atoms with Gasteiger partial charge in [0.05, 0.1) is 24.3 Å². The van der Waals surface area contributed by atoms with E-state index >= 15 is 0 Å². The third-order valence-corrected chi connectivity index (χ3v) is 6.81. The van der Waals surface area contributed by atoms with Crippen LogP contribution in [0, 0.1) is 0 Å². The quantitative estimate of drug-likeness (QED) is 0.250. The molecule has 8 heteroatoms. The monoisotopic (exact) mass is 459 g/mol. The first-order valence-corrected chi connectivity index (χ1v) is 11.5. The van der Waals surface area contributed by atoms with Crippen LogP contribution in [0.2, 0.25) is 0 Å². The second-order valence-corrected chi connectivity index (χ2v) is 8.80. The minimum atomic E-state index is -0.455. The number of methoxy groups -OCH3 is 1. The van der Waals surface area contributed by atoms with E-state index in [2.05, 4.69) is 10.1 Å². The van der Waals surface area contributed by atoms with Gasteiger partial charge in [0.25, 0.3) is 5.56 Å². The van der Waals surface area contributed by atoms with E-state index in [9.17, 15) is 9.59 Å². The summed E-state index contributed by atoms with van der Waals surface area (Å²) in [5, 5.41) is 5.01. The van der Waals surface area contributed by atoms with Gasteiger partial charge in [-0.15, -0.1) is 11.3 Å². The van der Waals surface area contributed by atoms with Crippen molar-refractivity contribution in [2.45, 2.75) is 25.7 Å². The molecule has 1 aliphatic rings. The van der Waals surface area contributed by atoms with Gasteiger partial charge in [-0.2, -0.15) is 9.78 Å². The maximum Gasteiger partial charge on any atom is 0.343 e. The number of hydrogen-bond acceptors (Lipinski definition) is 7. The maximum atomic E-state index is 13.0. The van der Waals surface area contributed by atoms with Crippen LogP contribution in [0.5, 0.6) is 11.5 Å². The number of ether oxygens (including phenoxy) is 2. The number of hydrogen-bond donors (Lipinski definition) is 0. The Kier molecular flexibility index (Phi) is 5.75. The molecule has 0 fully saturated rings. The van der Waals surface area contributed by atoms with Crippen molar-refractivity contribution in [3.63, 3.8) is 0 Å². The fourth-order valence-electron chi connectivity index (χ4n) is 3.86. The summed E-state index contributed by atoms with van der Waals surface area (Å²) in [6.45, 7) is 0. The van der Waals surface area contributed by atoms with Crippen LogP contribution in [0.4, 0.5) is 0 Å². The number of rotatable bonds is 5. The Morgan fingerprint density at radius 2 is 1.79 bits per heavy atom. The highest BCUT2D eigenvalue weighted by molar-refractivity contribution is 7.18. The Bertz CT molecular complexity index is 1400. The summed E-state index contributed by atoms with van der Waals surface area (Å²) < 4.78 is 11.8. The first kappa shape index (κ1) is 21.1. The Morgan fingerprint density at radius 3 is 2.55 bits per heavy atom. The molecule has 2 aromatic heterocycles. The van der Waals surface area contributed by atoms with Gasteiger partial charge in [0.2, 0.25) is 0 Å². The standard InChI is InChI=1S/C25H21N3O4S/c1-31-18-12-8-17(9-13-18)25(30)32-19-10-6-16(7-11-19)14-27-28-15-26-23-22(24(28)29)20-4-2-3-5-21(20)33-23/h6-15H,2-5H2,1H3. The van der Waals surface area contributed by atoms with Gasteiger partial charge < -0.3 is 9.47 Å². The zero-order chi connectivity index (χ0) is 22.8. The molecule has 2 aromatic carbocycles. The van der Waals surface area contributed by atoms with Crippen molar-refractivity contribution in [2.75, 3.05) is 7.11 Å². The Labute approximate surface area is 193 Å². The molecule has 4 aromatic rings. The number of aryl methyl sites for hydroxylation is 2. The van der Waals surface area contributed by atoms with Crippen molar-refractivity contribution in [3.8, 4) is 11.5 Å². The Morgan fingerprint density at radius 1 is 1.06 bits per heavy atom. The first-order chi connectivity index (χ1) is 16.1. The fraction of sp³-hybridized carbons (Fsp3) is 0.200. The summed E-state index contributed by atoms with van der Waals surface area (Å²) in [7, 11) is 1.57. The van der Waals surface area contributed by atoms with Gasteiger partial charge in [0.15, 0.2) is 0 Å². The van der Waals surface area contributed by atoms with E-state index in [0.717, 1.165) is 41.6 Å². The highest BCUT2D eigenvalue weighted by Crippen LogP contribution is 2.33. The number of esters is 1. The summed E-state index contributed by atoms with van der Waals surface area (Å²) in [5.74, 6) is 0.629. The molecule has 7 nitrogen and oxygen atoms in total. The van der Waals surface area contributed by atoms with Gasteiger partial charge in [-0.1, -0.05) is 0 Å². The van der Waals surface area contributed by atoms with Crippen LogP contribution in [0.3, 0.4) is 0 Å². The summed E-state index contributed by atoms with van der Waals surface area (Å²) in [6.07, 6.45) is 7.27. The van der Waals surface area contributed by atoms with Crippen molar-refractivity contribution in [1.82, 2.24) is 9.66 Å². The third-order valence-electron chi connectivity index (χ3n) is 5.61. The third kappa shape index (κ3) is 4.29. The van der Waals surface area contributed by atoms with E-state index < -0.39 is 5.97 Å². The summed E-state index contributed by atoms with van der Waals surface area (Å²) in [6, 6.07) is 13.6. The molecule has 0 unspecified atom stereocenters. The lowest BCUT2D eigenvalue weighted by atomic mass is 9.97. The molecule has 2 heterocycles. The van der Waals surface area contributed by atoms with Crippen LogP contribution in [0.25, 0.3) is 10.2 Å². The van der Waals surface area contributed by atoms with Crippen LogP contribution in [0.1, 0.15) is 39.2 Å². The molecule has 0 atom stereocenters. The molecule has 0 saturated carbocycles. The predicted octanol–water partition coefficient (Wildman–Crippen LogP) is 4.45. The van der Waals surface area contributed by atoms with E-state index in [1.165, 1.54) is 15.9 Å². The second-order valence-electron chi connectivity index (χ2n) is 7.72. The molecule has 0 saturated heterocycles. The van der Waals surface area contributed by atoms with Crippen molar-refractivity contribution in [3.05, 3.63) is 86.8 Å². The molecule has 166 valence electrons. The number of carbonyl (C=O) groups is 1. The number of thiophene rings is 1. The average Bonchev–Trinajstić information content (AvgIpc) is 3.24. The van der Waals surface area contributed by atoms with Gasteiger partial charge in [0, 0.05) is 4.88 Å². The SMILES string of the molecule is COc1ccc(C(=O)Oc2ccc(C=Nn3cnc4sc5c(c4c3=O)CCCC5)cc2)cc1. The van der Waals surface area contributed by atoms with E-state index in [4.69, 9.17) is 9.47 Å². The summed E-state index contributed by atoms with van der Waals surface area (Å²) in [5.41, 5.74) is 2.20.